The lowest BCUT2D eigenvalue weighted by molar-refractivity contribution is -0.210. The average Bonchev–Trinajstić information content (AvgIpc) is 3.11. The van der Waals surface area contributed by atoms with Crippen LogP contribution in [0.2, 0.25) is 0 Å². The molecule has 0 fully saturated rings. The smallest absolute Gasteiger partial charge is 0.360 e. The zero-order valence-corrected chi connectivity index (χ0v) is 30.6. The number of nitrogens with zero attached hydrogens (tertiary/aromatic N) is 2. The number of amides is 4. The molecule has 0 aromatic heterocycles. The van der Waals surface area contributed by atoms with Crippen molar-refractivity contribution in [1.82, 2.24) is 15.3 Å². The third-order valence-electron chi connectivity index (χ3n) is 8.52. The molecule has 3 aromatic carbocycles. The van der Waals surface area contributed by atoms with E-state index in [-0.39, 0.29) is 43.1 Å². The maximum Gasteiger partial charge on any atom is 0.360 e. The molecular weight excluding hydrogens is 664 g/mol. The fourth-order valence-corrected chi connectivity index (χ4v) is 6.08. The number of imide groups is 2. The van der Waals surface area contributed by atoms with Crippen LogP contribution in [0.5, 0.6) is 5.75 Å². The SMILES string of the molecule is CC(=O)N(C(=O)[C@@H](N)CC(C)C)C(c1ccccc1)[C@@](O)(C(=O)O)N(C(=O)CCCCc1ccccc1)C(=O)[C@H](CC(C)C)NOc1ccccc1. The number of carboxylic acid groups (broad SMARTS) is 1. The van der Waals surface area contributed by atoms with Gasteiger partial charge in [-0.1, -0.05) is 107 Å². The van der Waals surface area contributed by atoms with E-state index in [9.17, 15) is 34.2 Å². The predicted octanol–water partition coefficient (Wildman–Crippen LogP) is 5.02. The number of unbranched alkanes of at least 4 members (excludes halogenated alkanes) is 1. The molecule has 0 radical (unpaired) electrons. The molecular formula is C40H52N4O8. The van der Waals surface area contributed by atoms with Crippen molar-refractivity contribution in [2.24, 2.45) is 17.6 Å². The van der Waals surface area contributed by atoms with Crippen LogP contribution in [0, 0.1) is 11.8 Å². The first-order valence-corrected chi connectivity index (χ1v) is 17.7. The van der Waals surface area contributed by atoms with Gasteiger partial charge in [-0.2, -0.15) is 0 Å². The highest BCUT2D eigenvalue weighted by Crippen LogP contribution is 2.38. The molecule has 1 unspecified atom stereocenters. The Kier molecular flexibility index (Phi) is 15.7. The zero-order chi connectivity index (χ0) is 38.4. The summed E-state index contributed by atoms with van der Waals surface area (Å²) in [5.41, 5.74) is 6.47. The second-order valence-electron chi connectivity index (χ2n) is 13.8. The van der Waals surface area contributed by atoms with Gasteiger partial charge >= 0.3 is 5.97 Å². The molecule has 0 aliphatic carbocycles. The number of hydrogen-bond donors (Lipinski definition) is 4. The maximum absolute atomic E-state index is 14.8. The second-order valence-corrected chi connectivity index (χ2v) is 13.8. The van der Waals surface area contributed by atoms with E-state index in [1.165, 1.54) is 24.3 Å². The molecule has 4 amide bonds. The highest BCUT2D eigenvalue weighted by Gasteiger charge is 2.59. The first-order chi connectivity index (χ1) is 24.7. The monoisotopic (exact) mass is 716 g/mol. The number of benzene rings is 3. The Hall–Kier alpha value is -4.91. The minimum absolute atomic E-state index is 0.0173. The van der Waals surface area contributed by atoms with Gasteiger partial charge in [-0.15, -0.1) is 5.48 Å². The highest BCUT2D eigenvalue weighted by atomic mass is 16.6. The summed E-state index contributed by atoms with van der Waals surface area (Å²) in [5.74, 6) is -5.99. The molecule has 0 saturated carbocycles. The average molecular weight is 717 g/mol. The Balaban J connectivity index is 2.20. The maximum atomic E-state index is 14.8. The van der Waals surface area contributed by atoms with E-state index in [0.29, 0.717) is 28.4 Å². The van der Waals surface area contributed by atoms with Crippen LogP contribution >= 0.6 is 0 Å². The Labute approximate surface area is 305 Å². The number of rotatable bonds is 19. The van der Waals surface area contributed by atoms with Crippen LogP contribution in [0.15, 0.2) is 91.0 Å². The van der Waals surface area contributed by atoms with Crippen molar-refractivity contribution in [2.45, 2.75) is 97.0 Å². The first kappa shape index (κ1) is 41.5. The van der Waals surface area contributed by atoms with Crippen LogP contribution < -0.4 is 16.1 Å². The van der Waals surface area contributed by atoms with E-state index in [1.54, 1.807) is 36.4 Å². The molecule has 0 heterocycles. The third-order valence-corrected chi connectivity index (χ3v) is 8.52. The summed E-state index contributed by atoms with van der Waals surface area (Å²) < 4.78 is 0. The lowest BCUT2D eigenvalue weighted by Crippen LogP contribution is -2.69. The third kappa shape index (κ3) is 11.0. The number of aryl methyl sites for hydroxylation is 1. The summed E-state index contributed by atoms with van der Waals surface area (Å²) in [6, 6.07) is 20.8. The van der Waals surface area contributed by atoms with Crippen LogP contribution in [0.1, 0.15) is 83.9 Å². The van der Waals surface area contributed by atoms with Gasteiger partial charge in [0.25, 0.3) is 11.6 Å². The van der Waals surface area contributed by atoms with Crippen LogP contribution in [-0.4, -0.2) is 67.4 Å². The van der Waals surface area contributed by atoms with Crippen molar-refractivity contribution >= 4 is 29.6 Å². The van der Waals surface area contributed by atoms with Gasteiger partial charge in [0.1, 0.15) is 17.8 Å². The van der Waals surface area contributed by atoms with Crippen molar-refractivity contribution < 1.29 is 39.0 Å². The van der Waals surface area contributed by atoms with Gasteiger partial charge in [-0.25, -0.2) is 9.69 Å². The van der Waals surface area contributed by atoms with Crippen LogP contribution in [0.4, 0.5) is 0 Å². The van der Waals surface area contributed by atoms with E-state index >= 15 is 0 Å². The summed E-state index contributed by atoms with van der Waals surface area (Å²) in [6.07, 6.45) is 1.23. The summed E-state index contributed by atoms with van der Waals surface area (Å²) in [7, 11) is 0. The second kappa shape index (κ2) is 19.6. The number of nitrogens with one attached hydrogen (secondary N) is 1. The first-order valence-electron chi connectivity index (χ1n) is 17.7. The topological polar surface area (TPSA) is 180 Å². The quantitative estimate of drug-likeness (QED) is 0.0748. The number of hydrogen-bond acceptors (Lipinski definition) is 9. The highest BCUT2D eigenvalue weighted by molar-refractivity contribution is 6.04. The molecule has 4 atom stereocenters. The van der Waals surface area contributed by atoms with Crippen molar-refractivity contribution in [3.05, 3.63) is 102 Å². The van der Waals surface area contributed by atoms with Crippen LogP contribution in [-0.2, 0) is 30.4 Å². The van der Waals surface area contributed by atoms with Gasteiger partial charge < -0.3 is 20.8 Å². The van der Waals surface area contributed by atoms with E-state index in [1.807, 2.05) is 58.0 Å². The molecule has 52 heavy (non-hydrogen) atoms. The Morgan fingerprint density at radius 1 is 0.788 bits per heavy atom. The lowest BCUT2D eigenvalue weighted by atomic mass is 9.89. The van der Waals surface area contributed by atoms with Gasteiger partial charge in [-0.05, 0) is 67.2 Å². The zero-order valence-electron chi connectivity index (χ0n) is 30.6. The number of hydroxylamine groups is 1. The predicted molar refractivity (Wildman–Crippen MR) is 196 cm³/mol. The lowest BCUT2D eigenvalue weighted by Gasteiger charge is -2.45. The molecule has 12 heteroatoms. The summed E-state index contributed by atoms with van der Waals surface area (Å²) >= 11 is 0. The Morgan fingerprint density at radius 3 is 1.85 bits per heavy atom. The molecule has 5 N–H and O–H groups in total. The Bertz CT molecular complexity index is 1620. The minimum Gasteiger partial charge on any atom is -0.478 e. The van der Waals surface area contributed by atoms with Crippen molar-refractivity contribution in [3.63, 3.8) is 0 Å². The normalized spacial score (nSPS) is 14.2. The molecule has 3 aromatic rings. The summed E-state index contributed by atoms with van der Waals surface area (Å²) in [5, 5.41) is 23.7. The van der Waals surface area contributed by atoms with Gasteiger partial charge in [-0.3, -0.25) is 24.1 Å². The molecule has 12 nitrogen and oxygen atoms in total. The molecule has 0 aliphatic heterocycles. The summed E-state index contributed by atoms with van der Waals surface area (Å²) in [6.45, 7) is 8.32. The number of carboxylic acids is 1. The fourth-order valence-electron chi connectivity index (χ4n) is 6.08. The van der Waals surface area contributed by atoms with Gasteiger partial charge in [0.05, 0.1) is 6.04 Å². The standard InChI is InChI=1S/C40H52N4O8/c1-27(2)25-33(41)37(47)43(29(5)45)36(31-20-11-7-12-21-31)40(51,39(49)50)44(35(46)24-16-15-19-30-17-9-6-10-18-30)38(48)34(26-28(3)4)42-52-32-22-13-8-14-23-32/h6-14,17-18,20-23,27-28,33-34,36,42,51H,15-16,19,24-26,41H2,1-5H3,(H,49,50)/t33-,34-,36?,40+/m0/s1. The molecule has 3 rings (SSSR count). The van der Waals surface area contributed by atoms with E-state index < -0.39 is 53.4 Å². The Morgan fingerprint density at radius 2 is 1.33 bits per heavy atom. The number of aliphatic hydroxyl groups is 1. The number of carbonyl (C=O) groups excluding carboxylic acids is 4. The fraction of sp³-hybridized carbons (Fsp3) is 0.425. The number of aliphatic carboxylic acids is 1. The minimum atomic E-state index is -3.49. The van der Waals surface area contributed by atoms with Crippen molar-refractivity contribution in [1.29, 1.82) is 0 Å². The number of nitrogens with two attached hydrogens (primary N) is 1. The van der Waals surface area contributed by atoms with Gasteiger partial charge in [0.2, 0.25) is 17.7 Å². The number of carbonyl (C=O) groups is 5. The van der Waals surface area contributed by atoms with Crippen LogP contribution in [0.25, 0.3) is 0 Å². The van der Waals surface area contributed by atoms with E-state index in [2.05, 4.69) is 5.48 Å². The van der Waals surface area contributed by atoms with Crippen molar-refractivity contribution in [3.8, 4) is 5.75 Å². The summed E-state index contributed by atoms with van der Waals surface area (Å²) in [4.78, 5) is 76.7. The molecule has 0 spiro atoms. The van der Waals surface area contributed by atoms with Crippen molar-refractivity contribution in [2.75, 3.05) is 0 Å². The van der Waals surface area contributed by atoms with E-state index in [0.717, 1.165) is 12.5 Å². The molecule has 0 saturated heterocycles. The van der Waals surface area contributed by atoms with E-state index in [4.69, 9.17) is 10.6 Å². The number of para-hydroxylation sites is 1. The van der Waals surface area contributed by atoms with Gasteiger partial charge in [0.15, 0.2) is 0 Å². The molecule has 0 aliphatic rings. The molecule has 280 valence electrons. The largest absolute Gasteiger partial charge is 0.478 e. The van der Waals surface area contributed by atoms with Crippen LogP contribution in [0.3, 0.4) is 0 Å². The van der Waals surface area contributed by atoms with Gasteiger partial charge in [0, 0.05) is 13.3 Å². The molecule has 0 bridgehead atoms.